The van der Waals surface area contributed by atoms with Crippen molar-refractivity contribution in [2.24, 2.45) is 5.73 Å². The molecule has 0 radical (unpaired) electrons. The van der Waals surface area contributed by atoms with Crippen molar-refractivity contribution in [1.82, 2.24) is 4.31 Å². The number of hydrogen-bond donors (Lipinski definition) is 1. The van der Waals surface area contributed by atoms with Crippen LogP contribution >= 0.6 is 0 Å². The smallest absolute Gasteiger partial charge is 0.243 e. The molecule has 4 nitrogen and oxygen atoms in total. The first-order valence-corrected chi connectivity index (χ1v) is 8.72. The van der Waals surface area contributed by atoms with E-state index in [0.717, 1.165) is 19.3 Å². The molecule has 20 heavy (non-hydrogen) atoms. The van der Waals surface area contributed by atoms with Gasteiger partial charge in [-0.3, -0.25) is 0 Å². The average Bonchev–Trinajstić information content (AvgIpc) is 2.46. The molecule has 0 bridgehead atoms. The Kier molecular flexibility index (Phi) is 6.65. The van der Waals surface area contributed by atoms with Gasteiger partial charge >= 0.3 is 0 Å². The van der Waals surface area contributed by atoms with Crippen LogP contribution in [0.5, 0.6) is 0 Å². The van der Waals surface area contributed by atoms with Gasteiger partial charge in [-0.25, -0.2) is 8.42 Å². The van der Waals surface area contributed by atoms with Crippen LogP contribution in [0.25, 0.3) is 0 Å². The Labute approximate surface area is 123 Å². The topological polar surface area (TPSA) is 63.4 Å². The Hall–Kier alpha value is -0.910. The molecule has 114 valence electrons. The van der Waals surface area contributed by atoms with Crippen LogP contribution in [0.2, 0.25) is 0 Å². The highest BCUT2D eigenvalue weighted by molar-refractivity contribution is 7.89. The molecule has 0 aliphatic carbocycles. The first kappa shape index (κ1) is 17.1. The SMILES string of the molecule is CCCCN(C(C)CC)S(=O)(=O)c1ccccc1CN. The number of benzene rings is 1. The predicted molar refractivity (Wildman–Crippen MR) is 82.9 cm³/mol. The molecule has 1 rings (SSSR count). The van der Waals surface area contributed by atoms with Gasteiger partial charge in [0, 0.05) is 19.1 Å². The summed E-state index contributed by atoms with van der Waals surface area (Å²) < 4.78 is 27.4. The molecule has 1 atom stereocenters. The van der Waals surface area contributed by atoms with Crippen LogP contribution in [0.3, 0.4) is 0 Å². The van der Waals surface area contributed by atoms with E-state index in [9.17, 15) is 8.42 Å². The lowest BCUT2D eigenvalue weighted by atomic mass is 10.2. The predicted octanol–water partition coefficient (Wildman–Crippen LogP) is 2.73. The standard InChI is InChI=1S/C15H26N2O2S/c1-4-6-11-17(13(3)5-2)20(18,19)15-10-8-7-9-14(15)12-16/h7-10,13H,4-6,11-12,16H2,1-3H3. The van der Waals surface area contributed by atoms with E-state index in [4.69, 9.17) is 5.73 Å². The zero-order chi connectivity index (χ0) is 15.2. The average molecular weight is 298 g/mol. The van der Waals surface area contributed by atoms with Crippen LogP contribution in [-0.4, -0.2) is 25.3 Å². The molecule has 1 aromatic rings. The number of nitrogens with zero attached hydrogens (tertiary/aromatic N) is 1. The maximum Gasteiger partial charge on any atom is 0.243 e. The third-order valence-corrected chi connectivity index (χ3v) is 5.71. The fraction of sp³-hybridized carbons (Fsp3) is 0.600. The Morgan fingerprint density at radius 2 is 1.90 bits per heavy atom. The van der Waals surface area contributed by atoms with Crippen LogP contribution < -0.4 is 5.73 Å². The minimum Gasteiger partial charge on any atom is -0.326 e. The van der Waals surface area contributed by atoms with E-state index in [1.165, 1.54) is 0 Å². The Balaban J connectivity index is 3.21. The van der Waals surface area contributed by atoms with Crippen molar-refractivity contribution in [3.8, 4) is 0 Å². The van der Waals surface area contributed by atoms with Gasteiger partial charge in [0.25, 0.3) is 0 Å². The normalized spacial score (nSPS) is 13.7. The lowest BCUT2D eigenvalue weighted by Crippen LogP contribution is -2.39. The molecule has 1 aromatic carbocycles. The molecular formula is C15H26N2O2S. The fourth-order valence-corrected chi connectivity index (χ4v) is 4.12. The summed E-state index contributed by atoms with van der Waals surface area (Å²) >= 11 is 0. The largest absolute Gasteiger partial charge is 0.326 e. The number of unbranched alkanes of at least 4 members (excludes halogenated alkanes) is 1. The van der Waals surface area contributed by atoms with Crippen molar-refractivity contribution in [2.45, 2.75) is 57.5 Å². The van der Waals surface area contributed by atoms with Gasteiger partial charge in [0.15, 0.2) is 0 Å². The molecule has 0 aliphatic rings. The highest BCUT2D eigenvalue weighted by Crippen LogP contribution is 2.23. The summed E-state index contributed by atoms with van der Waals surface area (Å²) in [6, 6.07) is 7.00. The van der Waals surface area contributed by atoms with Crippen LogP contribution in [0, 0.1) is 0 Å². The third kappa shape index (κ3) is 3.81. The van der Waals surface area contributed by atoms with Crippen molar-refractivity contribution < 1.29 is 8.42 Å². The van der Waals surface area contributed by atoms with Crippen molar-refractivity contribution >= 4 is 10.0 Å². The quantitative estimate of drug-likeness (QED) is 0.802. The second kappa shape index (κ2) is 7.76. The highest BCUT2D eigenvalue weighted by atomic mass is 32.2. The van der Waals surface area contributed by atoms with Crippen LogP contribution in [0.4, 0.5) is 0 Å². The van der Waals surface area contributed by atoms with Crippen LogP contribution in [-0.2, 0) is 16.6 Å². The molecule has 0 fully saturated rings. The van der Waals surface area contributed by atoms with Gasteiger partial charge in [-0.1, -0.05) is 38.5 Å². The summed E-state index contributed by atoms with van der Waals surface area (Å²) in [5.74, 6) is 0. The summed E-state index contributed by atoms with van der Waals surface area (Å²) in [5.41, 5.74) is 6.35. The molecule has 0 spiro atoms. The first-order chi connectivity index (χ1) is 9.48. The lowest BCUT2D eigenvalue weighted by molar-refractivity contribution is 0.324. The van der Waals surface area contributed by atoms with Gasteiger partial charge in [-0.15, -0.1) is 0 Å². The lowest BCUT2D eigenvalue weighted by Gasteiger charge is -2.28. The van der Waals surface area contributed by atoms with E-state index >= 15 is 0 Å². The number of sulfonamides is 1. The van der Waals surface area contributed by atoms with Crippen LogP contribution in [0.15, 0.2) is 29.2 Å². The molecule has 5 heteroatoms. The Bertz CT molecular complexity index is 514. The van der Waals surface area contributed by atoms with Gasteiger partial charge in [-0.2, -0.15) is 4.31 Å². The molecule has 0 heterocycles. The van der Waals surface area contributed by atoms with Gasteiger partial charge in [0.1, 0.15) is 0 Å². The van der Waals surface area contributed by atoms with Crippen molar-refractivity contribution in [2.75, 3.05) is 6.54 Å². The molecule has 1 unspecified atom stereocenters. The minimum absolute atomic E-state index is 0.00243. The van der Waals surface area contributed by atoms with Crippen LogP contribution in [0.1, 0.15) is 45.6 Å². The maximum atomic E-state index is 12.9. The molecule has 2 N–H and O–H groups in total. The van der Waals surface area contributed by atoms with E-state index in [0.29, 0.717) is 17.0 Å². The Morgan fingerprint density at radius 3 is 2.45 bits per heavy atom. The van der Waals surface area contributed by atoms with Crippen molar-refractivity contribution in [3.05, 3.63) is 29.8 Å². The number of nitrogens with two attached hydrogens (primary N) is 1. The monoisotopic (exact) mass is 298 g/mol. The van der Waals surface area contributed by atoms with Gasteiger partial charge in [-0.05, 0) is 31.4 Å². The number of rotatable bonds is 8. The summed E-state index contributed by atoms with van der Waals surface area (Å²) in [6.45, 7) is 6.83. The summed E-state index contributed by atoms with van der Waals surface area (Å²) in [6.07, 6.45) is 2.64. The van der Waals surface area contributed by atoms with Crippen molar-refractivity contribution in [3.63, 3.8) is 0 Å². The van der Waals surface area contributed by atoms with Gasteiger partial charge in [0.05, 0.1) is 4.90 Å². The molecular weight excluding hydrogens is 272 g/mol. The second-order valence-corrected chi connectivity index (χ2v) is 6.90. The summed E-state index contributed by atoms with van der Waals surface area (Å²) in [4.78, 5) is 0.346. The summed E-state index contributed by atoms with van der Waals surface area (Å²) in [5, 5.41) is 0. The fourth-order valence-electron chi connectivity index (χ4n) is 2.15. The number of hydrogen-bond acceptors (Lipinski definition) is 3. The molecule has 0 aliphatic heterocycles. The zero-order valence-electron chi connectivity index (χ0n) is 12.7. The molecule has 0 saturated heterocycles. The molecule has 0 amide bonds. The maximum absolute atomic E-state index is 12.9. The molecule has 0 aromatic heterocycles. The highest BCUT2D eigenvalue weighted by Gasteiger charge is 2.29. The van der Waals surface area contributed by atoms with E-state index in [1.807, 2.05) is 19.9 Å². The minimum atomic E-state index is -3.47. The molecule has 0 saturated carbocycles. The van der Waals surface area contributed by atoms with E-state index in [2.05, 4.69) is 6.92 Å². The van der Waals surface area contributed by atoms with Gasteiger partial charge in [0.2, 0.25) is 10.0 Å². The first-order valence-electron chi connectivity index (χ1n) is 7.28. The van der Waals surface area contributed by atoms with Crippen molar-refractivity contribution in [1.29, 1.82) is 0 Å². The van der Waals surface area contributed by atoms with E-state index in [-0.39, 0.29) is 12.6 Å². The van der Waals surface area contributed by atoms with E-state index < -0.39 is 10.0 Å². The summed E-state index contributed by atoms with van der Waals surface area (Å²) in [7, 11) is -3.47. The Morgan fingerprint density at radius 1 is 1.25 bits per heavy atom. The zero-order valence-corrected chi connectivity index (χ0v) is 13.5. The van der Waals surface area contributed by atoms with Gasteiger partial charge < -0.3 is 5.73 Å². The second-order valence-electron chi connectivity index (χ2n) is 5.04. The van der Waals surface area contributed by atoms with E-state index in [1.54, 1.807) is 22.5 Å². The third-order valence-electron chi connectivity index (χ3n) is 3.59.